The Kier molecular flexibility index (Phi) is 7.15. The first-order chi connectivity index (χ1) is 9.13. The zero-order chi connectivity index (χ0) is 14.1. The van der Waals surface area contributed by atoms with Gasteiger partial charge in [-0.2, -0.15) is 0 Å². The number of ether oxygens (including phenoxy) is 2. The highest BCUT2D eigenvalue weighted by molar-refractivity contribution is 5.69. The monoisotopic (exact) mass is 266 g/mol. The van der Waals surface area contributed by atoms with E-state index >= 15 is 0 Å². The summed E-state index contributed by atoms with van der Waals surface area (Å²) in [6.45, 7) is 4.86. The first-order valence-electron chi connectivity index (χ1n) is 6.58. The molecule has 0 amide bonds. The van der Waals surface area contributed by atoms with Gasteiger partial charge in [-0.3, -0.25) is 4.79 Å². The van der Waals surface area contributed by atoms with E-state index in [0.717, 1.165) is 5.56 Å². The third-order valence-corrected chi connectivity index (χ3v) is 2.83. The lowest BCUT2D eigenvalue weighted by Crippen LogP contribution is -2.26. The quantitative estimate of drug-likeness (QED) is 0.733. The largest absolute Gasteiger partial charge is 0.466 e. The van der Waals surface area contributed by atoms with Crippen molar-refractivity contribution in [3.8, 4) is 0 Å². The lowest BCUT2D eigenvalue weighted by molar-refractivity contribution is -0.146. The molecule has 0 heterocycles. The van der Waals surface area contributed by atoms with Gasteiger partial charge in [0, 0.05) is 5.92 Å². The van der Waals surface area contributed by atoms with Crippen LogP contribution in [0, 0.1) is 5.92 Å². The SMILES string of the molecule is CCOC(=O)C[C@@H](O)[C@@H](C)COCc1ccccc1. The van der Waals surface area contributed by atoms with Gasteiger partial charge in [-0.1, -0.05) is 37.3 Å². The van der Waals surface area contributed by atoms with Crippen LogP contribution >= 0.6 is 0 Å². The molecule has 0 unspecified atom stereocenters. The average Bonchev–Trinajstić information content (AvgIpc) is 2.40. The van der Waals surface area contributed by atoms with Crippen molar-refractivity contribution in [3.63, 3.8) is 0 Å². The highest BCUT2D eigenvalue weighted by Gasteiger charge is 2.18. The smallest absolute Gasteiger partial charge is 0.308 e. The summed E-state index contributed by atoms with van der Waals surface area (Å²) in [6.07, 6.45) is -0.709. The van der Waals surface area contributed by atoms with Crippen LogP contribution in [0.3, 0.4) is 0 Å². The molecule has 0 bridgehead atoms. The molecule has 1 aromatic carbocycles. The van der Waals surface area contributed by atoms with Crippen LogP contribution in [-0.4, -0.2) is 30.4 Å². The maximum Gasteiger partial charge on any atom is 0.308 e. The van der Waals surface area contributed by atoms with E-state index in [1.807, 2.05) is 37.3 Å². The second-order valence-electron chi connectivity index (χ2n) is 4.55. The molecule has 1 rings (SSSR count). The molecule has 0 spiro atoms. The molecule has 2 atom stereocenters. The predicted octanol–water partition coefficient (Wildman–Crippen LogP) is 2.15. The van der Waals surface area contributed by atoms with Gasteiger partial charge in [0.05, 0.1) is 32.3 Å². The second kappa shape index (κ2) is 8.67. The fourth-order valence-corrected chi connectivity index (χ4v) is 1.64. The van der Waals surface area contributed by atoms with Gasteiger partial charge in [0.2, 0.25) is 0 Å². The van der Waals surface area contributed by atoms with Gasteiger partial charge in [0.1, 0.15) is 0 Å². The third kappa shape index (κ3) is 6.36. The molecule has 0 aromatic heterocycles. The Morgan fingerprint density at radius 1 is 1.32 bits per heavy atom. The van der Waals surface area contributed by atoms with Gasteiger partial charge in [-0.05, 0) is 12.5 Å². The van der Waals surface area contributed by atoms with E-state index in [0.29, 0.717) is 19.8 Å². The van der Waals surface area contributed by atoms with Crippen molar-refractivity contribution in [1.29, 1.82) is 0 Å². The van der Waals surface area contributed by atoms with Crippen LogP contribution in [0.25, 0.3) is 0 Å². The molecule has 0 radical (unpaired) electrons. The summed E-state index contributed by atoms with van der Waals surface area (Å²) < 4.78 is 10.3. The lowest BCUT2D eigenvalue weighted by Gasteiger charge is -2.18. The summed E-state index contributed by atoms with van der Waals surface area (Å²) in [5.74, 6) is -0.474. The Hall–Kier alpha value is -1.39. The summed E-state index contributed by atoms with van der Waals surface area (Å²) >= 11 is 0. The Balaban J connectivity index is 2.23. The zero-order valence-corrected chi connectivity index (χ0v) is 11.5. The molecular formula is C15H22O4. The number of esters is 1. The first-order valence-corrected chi connectivity index (χ1v) is 6.58. The van der Waals surface area contributed by atoms with Crippen LogP contribution < -0.4 is 0 Å². The molecule has 106 valence electrons. The normalized spacial score (nSPS) is 13.8. The van der Waals surface area contributed by atoms with Gasteiger partial charge >= 0.3 is 5.97 Å². The van der Waals surface area contributed by atoms with Crippen molar-refractivity contribution in [2.45, 2.75) is 33.0 Å². The van der Waals surface area contributed by atoms with Gasteiger partial charge in [0.15, 0.2) is 0 Å². The first kappa shape index (κ1) is 15.7. The van der Waals surface area contributed by atoms with E-state index in [1.165, 1.54) is 0 Å². The highest BCUT2D eigenvalue weighted by atomic mass is 16.5. The summed E-state index contributed by atoms with van der Waals surface area (Å²) in [5, 5.41) is 9.83. The standard InChI is InChI=1S/C15H22O4/c1-3-19-15(17)9-14(16)12(2)10-18-11-13-7-5-4-6-8-13/h4-8,12,14,16H,3,9-11H2,1-2H3/t12-,14+/m0/s1. The minimum atomic E-state index is -0.727. The van der Waals surface area contributed by atoms with Crippen LogP contribution in [-0.2, 0) is 20.9 Å². The van der Waals surface area contributed by atoms with Crippen LogP contribution in [0.5, 0.6) is 0 Å². The fraction of sp³-hybridized carbons (Fsp3) is 0.533. The predicted molar refractivity (Wildman–Crippen MR) is 72.5 cm³/mol. The summed E-state index contributed by atoms with van der Waals surface area (Å²) in [6, 6.07) is 9.84. The van der Waals surface area contributed by atoms with Crippen molar-refractivity contribution >= 4 is 5.97 Å². The third-order valence-electron chi connectivity index (χ3n) is 2.83. The van der Waals surface area contributed by atoms with Gasteiger partial charge in [-0.25, -0.2) is 0 Å². The summed E-state index contributed by atoms with van der Waals surface area (Å²) in [4.78, 5) is 11.2. The molecule has 0 saturated heterocycles. The number of benzene rings is 1. The number of carbonyl (C=O) groups is 1. The highest BCUT2D eigenvalue weighted by Crippen LogP contribution is 2.10. The van der Waals surface area contributed by atoms with E-state index in [1.54, 1.807) is 6.92 Å². The van der Waals surface area contributed by atoms with Crippen molar-refractivity contribution in [2.24, 2.45) is 5.92 Å². The number of aliphatic hydroxyl groups excluding tert-OH is 1. The topological polar surface area (TPSA) is 55.8 Å². The maximum absolute atomic E-state index is 11.2. The molecule has 19 heavy (non-hydrogen) atoms. The van der Waals surface area contributed by atoms with Crippen LogP contribution in [0.4, 0.5) is 0 Å². The Labute approximate surface area is 114 Å². The summed E-state index contributed by atoms with van der Waals surface area (Å²) in [5.41, 5.74) is 1.09. The molecule has 0 saturated carbocycles. The van der Waals surface area contributed by atoms with E-state index < -0.39 is 6.10 Å². The minimum absolute atomic E-state index is 0.0176. The molecule has 1 N–H and O–H groups in total. The Bertz CT molecular complexity index is 364. The molecule has 4 heteroatoms. The van der Waals surface area contributed by atoms with Crippen molar-refractivity contribution in [3.05, 3.63) is 35.9 Å². The molecular weight excluding hydrogens is 244 g/mol. The van der Waals surface area contributed by atoms with Crippen molar-refractivity contribution in [2.75, 3.05) is 13.2 Å². The van der Waals surface area contributed by atoms with E-state index in [4.69, 9.17) is 9.47 Å². The number of carbonyl (C=O) groups excluding carboxylic acids is 1. The molecule has 0 fully saturated rings. The molecule has 1 aromatic rings. The fourth-order valence-electron chi connectivity index (χ4n) is 1.64. The van der Waals surface area contributed by atoms with Crippen LogP contribution in [0.15, 0.2) is 30.3 Å². The van der Waals surface area contributed by atoms with E-state index in [9.17, 15) is 9.90 Å². The van der Waals surface area contributed by atoms with Gasteiger partial charge < -0.3 is 14.6 Å². The van der Waals surface area contributed by atoms with Crippen LogP contribution in [0.2, 0.25) is 0 Å². The second-order valence-corrected chi connectivity index (χ2v) is 4.55. The summed E-state index contributed by atoms with van der Waals surface area (Å²) in [7, 11) is 0. The average molecular weight is 266 g/mol. The number of hydrogen-bond acceptors (Lipinski definition) is 4. The van der Waals surface area contributed by atoms with Gasteiger partial charge in [-0.15, -0.1) is 0 Å². The lowest BCUT2D eigenvalue weighted by atomic mass is 10.0. The van der Waals surface area contributed by atoms with Crippen LogP contribution in [0.1, 0.15) is 25.8 Å². The number of hydrogen-bond donors (Lipinski definition) is 1. The molecule has 4 nitrogen and oxygen atoms in total. The number of aliphatic hydroxyl groups is 1. The molecule has 0 aliphatic heterocycles. The van der Waals surface area contributed by atoms with Gasteiger partial charge in [0.25, 0.3) is 0 Å². The molecule has 0 aliphatic carbocycles. The van der Waals surface area contributed by atoms with E-state index in [2.05, 4.69) is 0 Å². The minimum Gasteiger partial charge on any atom is -0.466 e. The van der Waals surface area contributed by atoms with Crippen molar-refractivity contribution in [1.82, 2.24) is 0 Å². The van der Waals surface area contributed by atoms with E-state index in [-0.39, 0.29) is 18.3 Å². The molecule has 0 aliphatic rings. The maximum atomic E-state index is 11.2. The van der Waals surface area contributed by atoms with Crippen molar-refractivity contribution < 1.29 is 19.4 Å². The Morgan fingerprint density at radius 3 is 2.63 bits per heavy atom. The Morgan fingerprint density at radius 2 is 2.00 bits per heavy atom. The number of rotatable bonds is 8. The zero-order valence-electron chi connectivity index (χ0n) is 11.5.